The van der Waals surface area contributed by atoms with Gasteiger partial charge in [0.2, 0.25) is 6.17 Å². The summed E-state index contributed by atoms with van der Waals surface area (Å²) in [6, 6.07) is 16.0. The van der Waals surface area contributed by atoms with E-state index in [1.54, 1.807) is 7.11 Å². The number of fused-ring (bicyclic) bond motifs is 3. The molecule has 0 aliphatic carbocycles. The minimum atomic E-state index is -0.234. The van der Waals surface area contributed by atoms with Crippen LogP contribution in [0.3, 0.4) is 0 Å². The largest absolute Gasteiger partial charge is 0.497 e. The predicted molar refractivity (Wildman–Crippen MR) is 84.9 cm³/mol. The van der Waals surface area contributed by atoms with E-state index in [2.05, 4.69) is 25.9 Å². The molecule has 0 amide bonds. The maximum absolute atomic E-state index is 5.94. The molecule has 6 heteroatoms. The van der Waals surface area contributed by atoms with Gasteiger partial charge in [-0.15, -0.1) is 0 Å². The van der Waals surface area contributed by atoms with E-state index in [1.165, 1.54) is 0 Å². The first-order valence-corrected chi connectivity index (χ1v) is 7.03. The van der Waals surface area contributed by atoms with Gasteiger partial charge in [0, 0.05) is 5.56 Å². The van der Waals surface area contributed by atoms with Gasteiger partial charge < -0.3 is 10.5 Å². The van der Waals surface area contributed by atoms with Crippen molar-refractivity contribution >= 4 is 22.9 Å². The zero-order valence-electron chi connectivity index (χ0n) is 12.1. The number of ether oxygens (including phenoxy) is 1. The van der Waals surface area contributed by atoms with Crippen LogP contribution in [-0.2, 0) is 0 Å². The van der Waals surface area contributed by atoms with Crippen LogP contribution < -0.4 is 20.4 Å². The lowest BCUT2D eigenvalue weighted by Crippen LogP contribution is -2.48. The molecule has 0 radical (unpaired) electrons. The van der Waals surface area contributed by atoms with Crippen molar-refractivity contribution in [3.63, 3.8) is 0 Å². The average molecular weight is 294 g/mol. The maximum atomic E-state index is 5.94. The predicted octanol–water partition coefficient (Wildman–Crippen LogP) is 1.75. The molecule has 0 saturated heterocycles. The van der Waals surface area contributed by atoms with E-state index in [1.807, 2.05) is 42.5 Å². The summed E-state index contributed by atoms with van der Waals surface area (Å²) in [6.07, 6.45) is -0.234. The Labute approximate surface area is 127 Å². The van der Waals surface area contributed by atoms with Crippen LogP contribution in [0.1, 0.15) is 11.7 Å². The normalized spacial score (nSPS) is 16.8. The Hall–Kier alpha value is -3.02. The molecule has 6 nitrogen and oxygen atoms in total. The molecule has 22 heavy (non-hydrogen) atoms. The lowest BCUT2D eigenvalue weighted by molar-refractivity contribution is -0.674. The number of nitrogens with zero attached hydrogens (tertiary/aromatic N) is 2. The van der Waals surface area contributed by atoms with Crippen molar-refractivity contribution in [2.24, 2.45) is 10.7 Å². The number of rotatable bonds is 2. The standard InChI is InChI=1S/C16H15N5O/c1-22-11-6-4-5-10(9-11)14-19-15(17)20-16-18-12-7-2-3-8-13(12)21(14)16/h2-9,14H,1H3,(H3,17,18,19,20)/p+1/t14-/m1/s1. The molecule has 4 rings (SSSR count). The van der Waals surface area contributed by atoms with Crippen LogP contribution in [0.25, 0.3) is 11.0 Å². The molecule has 0 saturated carbocycles. The van der Waals surface area contributed by atoms with Crippen molar-refractivity contribution in [2.45, 2.75) is 6.17 Å². The van der Waals surface area contributed by atoms with Crippen molar-refractivity contribution in [2.75, 3.05) is 12.4 Å². The summed E-state index contributed by atoms with van der Waals surface area (Å²) in [5.74, 6) is 2.01. The molecule has 3 aromatic rings. The topological polar surface area (TPSA) is 79.3 Å². The highest BCUT2D eigenvalue weighted by atomic mass is 16.5. The second kappa shape index (κ2) is 4.77. The summed E-state index contributed by atoms with van der Waals surface area (Å²) in [7, 11) is 1.66. The highest BCUT2D eigenvalue weighted by molar-refractivity contribution is 5.92. The first kappa shape index (κ1) is 12.7. The number of hydrogen-bond acceptors (Lipinski definition) is 4. The fraction of sp³-hybridized carbons (Fsp3) is 0.125. The molecule has 1 atom stereocenters. The number of imidazole rings is 1. The van der Waals surface area contributed by atoms with Gasteiger partial charge in [-0.3, -0.25) is 0 Å². The third-order valence-electron chi connectivity index (χ3n) is 3.80. The van der Waals surface area contributed by atoms with Gasteiger partial charge in [0.25, 0.3) is 5.96 Å². The second-order valence-electron chi connectivity index (χ2n) is 5.15. The highest BCUT2D eigenvalue weighted by Crippen LogP contribution is 2.25. The molecule has 0 bridgehead atoms. The molecule has 4 N–H and O–H groups in total. The van der Waals surface area contributed by atoms with Crippen LogP contribution in [0.5, 0.6) is 5.75 Å². The Bertz CT molecular complexity index is 883. The van der Waals surface area contributed by atoms with Crippen molar-refractivity contribution in [3.8, 4) is 5.75 Å². The first-order chi connectivity index (χ1) is 10.8. The van der Waals surface area contributed by atoms with Crippen LogP contribution in [-0.4, -0.2) is 18.1 Å². The molecule has 1 aliphatic rings. The SMILES string of the molecule is COc1cccc([C@@H]2N=C(N)Nc3[nH]c4ccccc4[n+]32)c1. The van der Waals surface area contributed by atoms with E-state index in [9.17, 15) is 0 Å². The molecular formula is C16H16N5O+. The highest BCUT2D eigenvalue weighted by Gasteiger charge is 2.31. The smallest absolute Gasteiger partial charge is 0.365 e. The zero-order chi connectivity index (χ0) is 15.1. The average Bonchev–Trinajstić information content (AvgIpc) is 2.92. The van der Waals surface area contributed by atoms with Gasteiger partial charge in [0.15, 0.2) is 0 Å². The summed E-state index contributed by atoms with van der Waals surface area (Å²) < 4.78 is 7.41. The molecule has 2 aromatic carbocycles. The first-order valence-electron chi connectivity index (χ1n) is 7.03. The van der Waals surface area contributed by atoms with Gasteiger partial charge in [-0.2, -0.15) is 4.99 Å². The molecule has 1 aliphatic heterocycles. The van der Waals surface area contributed by atoms with Gasteiger partial charge in [0.05, 0.1) is 7.11 Å². The molecule has 110 valence electrons. The number of para-hydroxylation sites is 2. The Kier molecular flexibility index (Phi) is 2.75. The van der Waals surface area contributed by atoms with Gasteiger partial charge in [-0.25, -0.2) is 14.9 Å². The van der Waals surface area contributed by atoms with Gasteiger partial charge >= 0.3 is 5.95 Å². The molecule has 1 aromatic heterocycles. The van der Waals surface area contributed by atoms with Crippen molar-refractivity contribution in [1.29, 1.82) is 0 Å². The summed E-state index contributed by atoms with van der Waals surface area (Å²) in [6.45, 7) is 0. The van der Waals surface area contributed by atoms with E-state index < -0.39 is 0 Å². The number of nitrogens with two attached hydrogens (primary N) is 1. The fourth-order valence-corrected chi connectivity index (χ4v) is 2.81. The van der Waals surface area contributed by atoms with E-state index >= 15 is 0 Å². The monoisotopic (exact) mass is 294 g/mol. The molecular weight excluding hydrogens is 278 g/mol. The lowest BCUT2D eigenvalue weighted by atomic mass is 10.1. The Morgan fingerprint density at radius 3 is 2.91 bits per heavy atom. The van der Waals surface area contributed by atoms with E-state index in [4.69, 9.17) is 10.5 Å². The number of aromatic amines is 1. The number of anilines is 1. The zero-order valence-corrected chi connectivity index (χ0v) is 12.1. The molecule has 0 unspecified atom stereocenters. The quantitative estimate of drug-likeness (QED) is 0.630. The van der Waals surface area contributed by atoms with Crippen LogP contribution in [0.15, 0.2) is 53.5 Å². The van der Waals surface area contributed by atoms with E-state index in [0.29, 0.717) is 5.96 Å². The van der Waals surface area contributed by atoms with E-state index in [-0.39, 0.29) is 6.17 Å². The number of aromatic nitrogens is 2. The van der Waals surface area contributed by atoms with Crippen molar-refractivity contribution in [1.82, 2.24) is 4.98 Å². The number of aliphatic imine (C=N–C) groups is 1. The van der Waals surface area contributed by atoms with E-state index in [0.717, 1.165) is 28.3 Å². The Balaban J connectivity index is 1.94. The number of nitrogens with one attached hydrogen (secondary N) is 2. The second-order valence-corrected chi connectivity index (χ2v) is 5.15. The number of hydrogen-bond donors (Lipinski definition) is 3. The minimum absolute atomic E-state index is 0.234. The van der Waals surface area contributed by atoms with Crippen LogP contribution in [0, 0.1) is 0 Å². The van der Waals surface area contributed by atoms with Gasteiger partial charge in [0.1, 0.15) is 16.8 Å². The third kappa shape index (κ3) is 1.88. The number of H-pyrrole nitrogens is 1. The number of benzene rings is 2. The fourth-order valence-electron chi connectivity index (χ4n) is 2.81. The Morgan fingerprint density at radius 2 is 2.05 bits per heavy atom. The van der Waals surface area contributed by atoms with Crippen LogP contribution >= 0.6 is 0 Å². The van der Waals surface area contributed by atoms with Gasteiger partial charge in [-0.1, -0.05) is 24.3 Å². The van der Waals surface area contributed by atoms with Crippen LogP contribution in [0.4, 0.5) is 5.95 Å². The van der Waals surface area contributed by atoms with Crippen LogP contribution in [0.2, 0.25) is 0 Å². The van der Waals surface area contributed by atoms with Crippen molar-refractivity contribution in [3.05, 3.63) is 54.1 Å². The number of guanidine groups is 1. The minimum Gasteiger partial charge on any atom is -0.497 e. The van der Waals surface area contributed by atoms with Crippen molar-refractivity contribution < 1.29 is 9.30 Å². The molecule has 2 heterocycles. The number of methoxy groups -OCH3 is 1. The lowest BCUT2D eigenvalue weighted by Gasteiger charge is -2.18. The Morgan fingerprint density at radius 1 is 1.18 bits per heavy atom. The van der Waals surface area contributed by atoms with Gasteiger partial charge in [-0.05, 0) is 24.3 Å². The molecule has 0 spiro atoms. The third-order valence-corrected chi connectivity index (χ3v) is 3.80. The maximum Gasteiger partial charge on any atom is 0.365 e. The summed E-state index contributed by atoms with van der Waals surface area (Å²) in [5.41, 5.74) is 9.05. The summed E-state index contributed by atoms with van der Waals surface area (Å²) >= 11 is 0. The molecule has 0 fully saturated rings. The summed E-state index contributed by atoms with van der Waals surface area (Å²) in [5, 5.41) is 3.08. The summed E-state index contributed by atoms with van der Waals surface area (Å²) in [4.78, 5) is 7.90.